The first-order valence-electron chi connectivity index (χ1n) is 12.7. The van der Waals surface area contributed by atoms with Crippen LogP contribution < -0.4 is 9.62 Å². The number of rotatable bonds is 10. The number of hydrogen-bond donors (Lipinski definition) is 1. The van der Waals surface area contributed by atoms with Crippen molar-refractivity contribution in [3.05, 3.63) is 95.3 Å². The number of nitrogens with zero attached hydrogens (tertiary/aromatic N) is 2. The number of aryl methyl sites for hydroxylation is 1. The van der Waals surface area contributed by atoms with Crippen molar-refractivity contribution in [2.45, 2.75) is 57.4 Å². The first-order chi connectivity index (χ1) is 19.1. The molecule has 7 nitrogen and oxygen atoms in total. The SMILES string of the molecule is Cc1ccc(S(=O)(=O)N(CC(=O)N(Cc2ccccc2F)[C@@H](C)C(=O)NC(C)C)c2cccc(C(F)(F)F)c2)cc1. The van der Waals surface area contributed by atoms with E-state index in [1.54, 1.807) is 20.8 Å². The molecule has 3 aromatic rings. The number of carbonyl (C=O) groups excluding carboxylic acids is 2. The van der Waals surface area contributed by atoms with Gasteiger partial charge >= 0.3 is 6.18 Å². The fourth-order valence-electron chi connectivity index (χ4n) is 4.00. The molecule has 1 atom stereocenters. The Morgan fingerprint density at radius 1 is 0.927 bits per heavy atom. The Balaban J connectivity index is 2.11. The van der Waals surface area contributed by atoms with Crippen LogP contribution in [-0.4, -0.2) is 43.8 Å². The molecule has 0 saturated heterocycles. The molecule has 0 saturated carbocycles. The summed E-state index contributed by atoms with van der Waals surface area (Å²) < 4.78 is 83.3. The van der Waals surface area contributed by atoms with Crippen LogP contribution in [0.5, 0.6) is 0 Å². The van der Waals surface area contributed by atoms with Crippen LogP contribution in [0.15, 0.2) is 77.7 Å². The van der Waals surface area contributed by atoms with E-state index >= 15 is 0 Å². The van der Waals surface area contributed by atoms with Crippen LogP contribution in [0.1, 0.15) is 37.5 Å². The minimum absolute atomic E-state index is 0.0667. The summed E-state index contributed by atoms with van der Waals surface area (Å²) in [4.78, 5) is 27.4. The van der Waals surface area contributed by atoms with E-state index in [1.165, 1.54) is 55.5 Å². The Morgan fingerprint density at radius 2 is 1.56 bits per heavy atom. The number of hydrogen-bond acceptors (Lipinski definition) is 4. The van der Waals surface area contributed by atoms with Crippen molar-refractivity contribution in [1.82, 2.24) is 10.2 Å². The molecule has 0 unspecified atom stereocenters. The van der Waals surface area contributed by atoms with E-state index < -0.39 is 57.7 Å². The lowest BCUT2D eigenvalue weighted by molar-refractivity contribution is -0.139. The van der Waals surface area contributed by atoms with Crippen molar-refractivity contribution in [2.75, 3.05) is 10.8 Å². The molecule has 0 heterocycles. The van der Waals surface area contributed by atoms with E-state index in [0.29, 0.717) is 10.4 Å². The highest BCUT2D eigenvalue weighted by atomic mass is 32.2. The minimum atomic E-state index is -4.78. The number of carbonyl (C=O) groups is 2. The number of nitrogens with one attached hydrogen (secondary N) is 1. The van der Waals surface area contributed by atoms with Gasteiger partial charge in [0, 0.05) is 18.2 Å². The largest absolute Gasteiger partial charge is 0.416 e. The molecule has 12 heteroatoms. The van der Waals surface area contributed by atoms with Gasteiger partial charge in [-0.3, -0.25) is 13.9 Å². The average Bonchev–Trinajstić information content (AvgIpc) is 2.90. The van der Waals surface area contributed by atoms with E-state index in [9.17, 15) is 35.6 Å². The predicted molar refractivity (Wildman–Crippen MR) is 147 cm³/mol. The summed E-state index contributed by atoms with van der Waals surface area (Å²) >= 11 is 0. The Bertz CT molecular complexity index is 1490. The van der Waals surface area contributed by atoms with Gasteiger partial charge in [0.2, 0.25) is 11.8 Å². The number of alkyl halides is 3. The van der Waals surface area contributed by atoms with E-state index in [4.69, 9.17) is 0 Å². The van der Waals surface area contributed by atoms with Crippen LogP contribution in [0, 0.1) is 12.7 Å². The van der Waals surface area contributed by atoms with Gasteiger partial charge in [-0.1, -0.05) is 42.0 Å². The summed E-state index contributed by atoms with van der Waals surface area (Å²) in [5.41, 5.74) is -0.706. The lowest BCUT2D eigenvalue weighted by Crippen LogP contribution is -2.52. The third-order valence-corrected chi connectivity index (χ3v) is 8.03. The second kappa shape index (κ2) is 12.7. The van der Waals surface area contributed by atoms with Gasteiger partial charge in [-0.25, -0.2) is 12.8 Å². The minimum Gasteiger partial charge on any atom is -0.352 e. The van der Waals surface area contributed by atoms with Gasteiger partial charge in [0.15, 0.2) is 0 Å². The van der Waals surface area contributed by atoms with E-state index in [2.05, 4.69) is 5.32 Å². The van der Waals surface area contributed by atoms with Crippen molar-refractivity contribution in [3.63, 3.8) is 0 Å². The molecule has 0 fully saturated rings. The van der Waals surface area contributed by atoms with E-state index in [1.807, 2.05) is 0 Å². The van der Waals surface area contributed by atoms with E-state index in [0.717, 1.165) is 28.7 Å². The molecule has 3 rings (SSSR count). The number of benzene rings is 3. The Hall–Kier alpha value is -3.93. The number of sulfonamides is 1. The molecule has 0 bridgehead atoms. The number of halogens is 4. The van der Waals surface area contributed by atoms with Crippen molar-refractivity contribution in [1.29, 1.82) is 0 Å². The summed E-state index contributed by atoms with van der Waals surface area (Å²) in [6, 6.07) is 13.3. The zero-order valence-electron chi connectivity index (χ0n) is 22.9. The molecule has 0 radical (unpaired) electrons. The van der Waals surface area contributed by atoms with Crippen molar-refractivity contribution < 1.29 is 35.6 Å². The highest BCUT2D eigenvalue weighted by Crippen LogP contribution is 2.33. The van der Waals surface area contributed by atoms with Crippen molar-refractivity contribution >= 4 is 27.5 Å². The molecule has 0 aromatic heterocycles. The van der Waals surface area contributed by atoms with Crippen molar-refractivity contribution in [2.24, 2.45) is 0 Å². The Morgan fingerprint density at radius 3 is 2.15 bits per heavy atom. The molecule has 0 aliphatic rings. The Kier molecular flexibility index (Phi) is 9.80. The average molecular weight is 594 g/mol. The first-order valence-corrected chi connectivity index (χ1v) is 14.1. The van der Waals surface area contributed by atoms with Gasteiger partial charge in [0.1, 0.15) is 18.4 Å². The van der Waals surface area contributed by atoms with Crippen LogP contribution >= 0.6 is 0 Å². The normalized spacial score (nSPS) is 12.6. The summed E-state index contributed by atoms with van der Waals surface area (Å²) in [6.45, 7) is 5.20. The van der Waals surface area contributed by atoms with Crippen LogP contribution in [0.3, 0.4) is 0 Å². The smallest absolute Gasteiger partial charge is 0.352 e. The number of anilines is 1. The van der Waals surface area contributed by atoms with Gasteiger partial charge in [-0.2, -0.15) is 13.2 Å². The van der Waals surface area contributed by atoms with E-state index in [-0.39, 0.29) is 23.0 Å². The molecule has 0 spiro atoms. The van der Waals surface area contributed by atoms with Gasteiger partial charge < -0.3 is 10.2 Å². The maximum Gasteiger partial charge on any atom is 0.416 e. The summed E-state index contributed by atoms with van der Waals surface area (Å²) in [7, 11) is -4.56. The van der Waals surface area contributed by atoms with Crippen LogP contribution in [-0.2, 0) is 32.3 Å². The molecule has 1 N–H and O–H groups in total. The fraction of sp³-hybridized carbons (Fsp3) is 0.310. The third-order valence-electron chi connectivity index (χ3n) is 6.25. The second-order valence-electron chi connectivity index (χ2n) is 9.83. The molecule has 3 aromatic carbocycles. The summed E-state index contributed by atoms with van der Waals surface area (Å²) in [5.74, 6) is -2.15. The molecular formula is C29H31F4N3O4S. The number of amides is 2. The van der Waals surface area contributed by atoms with Gasteiger partial charge in [-0.05, 0) is 64.1 Å². The second-order valence-corrected chi connectivity index (χ2v) is 11.7. The molecule has 0 aliphatic carbocycles. The molecule has 220 valence electrons. The van der Waals surface area contributed by atoms with Crippen LogP contribution in [0.25, 0.3) is 0 Å². The van der Waals surface area contributed by atoms with Crippen LogP contribution in [0.2, 0.25) is 0 Å². The van der Waals surface area contributed by atoms with Gasteiger partial charge in [-0.15, -0.1) is 0 Å². The zero-order chi connectivity index (χ0) is 30.5. The Labute approximate surface area is 236 Å². The first kappa shape index (κ1) is 31.6. The lowest BCUT2D eigenvalue weighted by atomic mass is 10.1. The summed E-state index contributed by atoms with van der Waals surface area (Å²) in [5, 5.41) is 2.67. The van der Waals surface area contributed by atoms with Gasteiger partial charge in [0.25, 0.3) is 10.0 Å². The standard InChI is InChI=1S/C29H31F4N3O4S/c1-19(2)34-28(38)21(4)35(17-22-8-5-6-11-26(22)30)27(37)18-36(24-10-7-9-23(16-24)29(31,32)33)41(39,40)25-14-12-20(3)13-15-25/h5-16,19,21H,17-18H2,1-4H3,(H,34,38)/t21-/m0/s1. The maximum atomic E-state index is 14.6. The monoisotopic (exact) mass is 593 g/mol. The molecule has 41 heavy (non-hydrogen) atoms. The summed E-state index contributed by atoms with van der Waals surface area (Å²) in [6.07, 6.45) is -4.78. The topological polar surface area (TPSA) is 86.8 Å². The van der Waals surface area contributed by atoms with Crippen molar-refractivity contribution in [3.8, 4) is 0 Å². The zero-order valence-corrected chi connectivity index (χ0v) is 23.8. The highest BCUT2D eigenvalue weighted by Gasteiger charge is 2.35. The lowest BCUT2D eigenvalue weighted by Gasteiger charge is -2.32. The fourth-order valence-corrected chi connectivity index (χ4v) is 5.41. The maximum absolute atomic E-state index is 14.6. The third kappa shape index (κ3) is 7.84. The molecular weight excluding hydrogens is 562 g/mol. The highest BCUT2D eigenvalue weighted by molar-refractivity contribution is 7.92. The molecule has 2 amide bonds. The van der Waals surface area contributed by atoms with Crippen LogP contribution in [0.4, 0.5) is 23.2 Å². The molecule has 0 aliphatic heterocycles. The van der Waals surface area contributed by atoms with Gasteiger partial charge in [0.05, 0.1) is 16.1 Å². The predicted octanol–water partition coefficient (Wildman–Crippen LogP) is 5.29. The quantitative estimate of drug-likeness (QED) is 0.324.